The maximum atomic E-state index is 11.1. The summed E-state index contributed by atoms with van der Waals surface area (Å²) in [7, 11) is -3.35. The molecule has 0 N–H and O–H groups in total. The van der Waals surface area contributed by atoms with Crippen LogP contribution in [0.1, 0.15) is 77.5 Å². The molecule has 0 aliphatic heterocycles. The molecule has 0 fully saturated rings. The van der Waals surface area contributed by atoms with E-state index in [0.29, 0.717) is 6.42 Å². The number of hydrogen-bond donors (Lipinski definition) is 0. The molecule has 4 heteroatoms. The van der Waals surface area contributed by atoms with Crippen molar-refractivity contribution in [2.75, 3.05) is 12.9 Å². The summed E-state index contributed by atoms with van der Waals surface area (Å²) in [4.78, 5) is 0. The summed E-state index contributed by atoms with van der Waals surface area (Å²) in [5, 5.41) is 0. The average molecular weight is 355 g/mol. The van der Waals surface area contributed by atoms with E-state index in [1.54, 1.807) is 0 Å². The van der Waals surface area contributed by atoms with E-state index in [-0.39, 0.29) is 17.4 Å². The normalized spacial score (nSPS) is 13.3. The summed E-state index contributed by atoms with van der Waals surface area (Å²) in [6.45, 7) is 13.8. The van der Waals surface area contributed by atoms with Crippen LogP contribution in [0.2, 0.25) is 0 Å². The summed E-state index contributed by atoms with van der Waals surface area (Å²) < 4.78 is 27.0. The lowest BCUT2D eigenvalue weighted by Gasteiger charge is -2.29. The van der Waals surface area contributed by atoms with E-state index in [4.69, 9.17) is 4.18 Å². The molecular formula is C20H34O3S. The van der Waals surface area contributed by atoms with Crippen LogP contribution >= 0.6 is 0 Å². The Balaban J connectivity index is 3.06. The zero-order chi connectivity index (χ0) is 18.6. The standard InChI is InChI=1S/C20H34O3S/c1-8-19(3,4)17-13-16(11-10-12-23-24(7,21)22)14-18(15-17)20(5,6)9-2/h13-15H,8-12H2,1-7H3. The highest BCUT2D eigenvalue weighted by Crippen LogP contribution is 2.34. The first kappa shape index (κ1) is 21.2. The van der Waals surface area contributed by atoms with Crippen molar-refractivity contribution in [1.82, 2.24) is 0 Å². The van der Waals surface area contributed by atoms with Crippen LogP contribution in [-0.2, 0) is 31.6 Å². The molecule has 3 nitrogen and oxygen atoms in total. The molecule has 0 heterocycles. The second-order valence-electron chi connectivity index (χ2n) is 8.02. The van der Waals surface area contributed by atoms with Gasteiger partial charge < -0.3 is 0 Å². The SMILES string of the molecule is CCC(C)(C)c1cc(CCCOS(C)(=O)=O)cc(C(C)(C)CC)c1. The molecule has 0 radical (unpaired) electrons. The van der Waals surface area contributed by atoms with Crippen molar-refractivity contribution in [3.05, 3.63) is 34.9 Å². The van der Waals surface area contributed by atoms with Gasteiger partial charge in [-0.2, -0.15) is 8.42 Å². The molecule has 138 valence electrons. The lowest BCUT2D eigenvalue weighted by atomic mass is 9.75. The maximum absolute atomic E-state index is 11.1. The van der Waals surface area contributed by atoms with Crippen LogP contribution in [0.15, 0.2) is 18.2 Å². The van der Waals surface area contributed by atoms with Gasteiger partial charge in [-0.15, -0.1) is 0 Å². The monoisotopic (exact) mass is 354 g/mol. The minimum absolute atomic E-state index is 0.137. The fraction of sp³-hybridized carbons (Fsp3) is 0.700. The van der Waals surface area contributed by atoms with Gasteiger partial charge in [0.05, 0.1) is 12.9 Å². The highest BCUT2D eigenvalue weighted by Gasteiger charge is 2.24. The Labute approximate surface area is 148 Å². The summed E-state index contributed by atoms with van der Waals surface area (Å²) in [6, 6.07) is 6.90. The molecule has 0 aliphatic carbocycles. The molecule has 0 aliphatic rings. The summed E-state index contributed by atoms with van der Waals surface area (Å²) in [5.41, 5.74) is 4.27. The van der Waals surface area contributed by atoms with Crippen molar-refractivity contribution < 1.29 is 12.6 Å². The van der Waals surface area contributed by atoms with Gasteiger partial charge in [0.25, 0.3) is 10.1 Å². The Kier molecular flexibility index (Phi) is 7.06. The smallest absolute Gasteiger partial charge is 0.264 e. The van der Waals surface area contributed by atoms with E-state index in [1.807, 2.05) is 0 Å². The zero-order valence-corrected chi connectivity index (χ0v) is 17.2. The molecule has 0 aromatic heterocycles. The third kappa shape index (κ3) is 6.21. The summed E-state index contributed by atoms with van der Waals surface area (Å²) in [6.07, 6.45) is 4.80. The third-order valence-corrected chi connectivity index (χ3v) is 5.83. The van der Waals surface area contributed by atoms with Crippen molar-refractivity contribution in [3.8, 4) is 0 Å². The summed E-state index contributed by atoms with van der Waals surface area (Å²) >= 11 is 0. The van der Waals surface area contributed by atoms with E-state index in [2.05, 4.69) is 59.7 Å². The predicted molar refractivity (Wildman–Crippen MR) is 102 cm³/mol. The average Bonchev–Trinajstić information content (AvgIpc) is 2.50. The van der Waals surface area contributed by atoms with Gasteiger partial charge in [-0.25, -0.2) is 0 Å². The first-order valence-corrected chi connectivity index (χ1v) is 10.7. The molecule has 0 bridgehead atoms. The van der Waals surface area contributed by atoms with Crippen LogP contribution in [0, 0.1) is 0 Å². The van der Waals surface area contributed by atoms with E-state index in [1.165, 1.54) is 16.7 Å². The lowest BCUT2D eigenvalue weighted by Crippen LogP contribution is -2.20. The predicted octanol–water partition coefficient (Wildman–Crippen LogP) is 4.97. The molecule has 0 saturated carbocycles. The van der Waals surface area contributed by atoms with Gasteiger partial charge >= 0.3 is 0 Å². The van der Waals surface area contributed by atoms with Crippen LogP contribution in [0.25, 0.3) is 0 Å². The molecule has 0 atom stereocenters. The van der Waals surface area contributed by atoms with Gasteiger partial charge in [0.1, 0.15) is 0 Å². The van der Waals surface area contributed by atoms with E-state index >= 15 is 0 Å². The zero-order valence-electron chi connectivity index (χ0n) is 16.4. The van der Waals surface area contributed by atoms with Gasteiger partial charge in [0.2, 0.25) is 0 Å². The molecule has 0 saturated heterocycles. The fourth-order valence-corrected chi connectivity index (χ4v) is 2.93. The van der Waals surface area contributed by atoms with Crippen molar-refractivity contribution in [3.63, 3.8) is 0 Å². The molecule has 0 amide bonds. The highest BCUT2D eigenvalue weighted by atomic mass is 32.2. The van der Waals surface area contributed by atoms with Gasteiger partial charge in [0.15, 0.2) is 0 Å². The first-order valence-electron chi connectivity index (χ1n) is 8.90. The quantitative estimate of drug-likeness (QED) is 0.464. The first-order chi connectivity index (χ1) is 10.9. The molecule has 24 heavy (non-hydrogen) atoms. The number of benzene rings is 1. The number of hydrogen-bond acceptors (Lipinski definition) is 3. The lowest BCUT2D eigenvalue weighted by molar-refractivity contribution is 0.316. The van der Waals surface area contributed by atoms with Crippen molar-refractivity contribution in [2.45, 2.75) is 78.1 Å². The number of rotatable bonds is 9. The minimum atomic E-state index is -3.35. The molecule has 1 rings (SSSR count). The topological polar surface area (TPSA) is 43.4 Å². The molecular weight excluding hydrogens is 320 g/mol. The Hall–Kier alpha value is -0.870. The third-order valence-electron chi connectivity index (χ3n) is 5.23. The van der Waals surface area contributed by atoms with Crippen molar-refractivity contribution in [2.24, 2.45) is 0 Å². The molecule has 0 spiro atoms. The second kappa shape index (κ2) is 8.01. The van der Waals surface area contributed by atoms with Crippen molar-refractivity contribution in [1.29, 1.82) is 0 Å². The van der Waals surface area contributed by atoms with Crippen LogP contribution in [0.4, 0.5) is 0 Å². The Morgan fingerprint density at radius 1 is 0.917 bits per heavy atom. The van der Waals surface area contributed by atoms with E-state index < -0.39 is 10.1 Å². The van der Waals surface area contributed by atoms with Gasteiger partial charge in [-0.3, -0.25) is 4.18 Å². The maximum Gasteiger partial charge on any atom is 0.264 e. The Bertz CT molecular complexity index is 609. The van der Waals surface area contributed by atoms with Gasteiger partial charge in [0, 0.05) is 0 Å². The van der Waals surface area contributed by atoms with Gasteiger partial charge in [-0.05, 0) is 53.2 Å². The minimum Gasteiger partial charge on any atom is -0.270 e. The van der Waals surface area contributed by atoms with E-state index in [0.717, 1.165) is 25.5 Å². The molecule has 1 aromatic rings. The van der Waals surface area contributed by atoms with Crippen LogP contribution in [0.5, 0.6) is 0 Å². The summed E-state index contributed by atoms with van der Waals surface area (Å²) in [5.74, 6) is 0. The second-order valence-corrected chi connectivity index (χ2v) is 9.67. The molecule has 0 unspecified atom stereocenters. The highest BCUT2D eigenvalue weighted by molar-refractivity contribution is 7.85. The Morgan fingerprint density at radius 2 is 1.38 bits per heavy atom. The van der Waals surface area contributed by atoms with Crippen molar-refractivity contribution >= 4 is 10.1 Å². The molecule has 1 aromatic carbocycles. The number of aryl methyl sites for hydroxylation is 1. The van der Waals surface area contributed by atoms with Crippen LogP contribution in [-0.4, -0.2) is 21.3 Å². The van der Waals surface area contributed by atoms with Crippen LogP contribution < -0.4 is 0 Å². The Morgan fingerprint density at radius 3 is 1.75 bits per heavy atom. The van der Waals surface area contributed by atoms with Crippen LogP contribution in [0.3, 0.4) is 0 Å². The fourth-order valence-electron chi connectivity index (χ4n) is 2.51. The van der Waals surface area contributed by atoms with E-state index in [9.17, 15) is 8.42 Å². The van der Waals surface area contributed by atoms with Gasteiger partial charge in [-0.1, -0.05) is 59.7 Å². The largest absolute Gasteiger partial charge is 0.270 e.